The van der Waals surface area contributed by atoms with Crippen LogP contribution in [0.25, 0.3) is 0 Å². The average Bonchev–Trinajstić information content (AvgIpc) is 2.58. The van der Waals surface area contributed by atoms with Gasteiger partial charge in [-0.05, 0) is 36.5 Å². The molecule has 5 nitrogen and oxygen atoms in total. The number of aliphatic carboxylic acids is 1. The summed E-state index contributed by atoms with van der Waals surface area (Å²) < 4.78 is 0. The third-order valence-corrected chi connectivity index (χ3v) is 3.94. The van der Waals surface area contributed by atoms with E-state index in [2.05, 4.69) is 0 Å². The van der Waals surface area contributed by atoms with Gasteiger partial charge in [0.15, 0.2) is 17.3 Å². The molecule has 126 valence electrons. The van der Waals surface area contributed by atoms with Crippen LogP contribution in [0.4, 0.5) is 0 Å². The Morgan fingerprint density at radius 2 is 1.62 bits per heavy atom. The van der Waals surface area contributed by atoms with Gasteiger partial charge in [0, 0.05) is 12.0 Å². The van der Waals surface area contributed by atoms with Crippen LogP contribution in [0, 0.1) is 0 Å². The Hall–Kier alpha value is -2.82. The number of ketones is 1. The normalized spacial score (nSPS) is 10.5. The number of phenolic OH excluding ortho intramolecular Hbond substituents is 2. The number of benzene rings is 2. The van der Waals surface area contributed by atoms with Gasteiger partial charge in [0.1, 0.15) is 0 Å². The van der Waals surface area contributed by atoms with E-state index >= 15 is 0 Å². The highest BCUT2D eigenvalue weighted by Crippen LogP contribution is 2.34. The van der Waals surface area contributed by atoms with E-state index in [-0.39, 0.29) is 23.5 Å². The number of hydrogen-bond donors (Lipinski definition) is 3. The van der Waals surface area contributed by atoms with Gasteiger partial charge in [0.25, 0.3) is 0 Å². The van der Waals surface area contributed by atoms with E-state index in [1.165, 1.54) is 6.07 Å². The summed E-state index contributed by atoms with van der Waals surface area (Å²) in [4.78, 5) is 23.0. The lowest BCUT2D eigenvalue weighted by Gasteiger charge is -2.10. The van der Waals surface area contributed by atoms with Gasteiger partial charge in [-0.3, -0.25) is 9.59 Å². The second-order valence-corrected chi connectivity index (χ2v) is 5.60. The van der Waals surface area contributed by atoms with Gasteiger partial charge in [-0.1, -0.05) is 37.3 Å². The lowest BCUT2D eigenvalue weighted by molar-refractivity contribution is -0.137. The molecule has 0 unspecified atom stereocenters. The summed E-state index contributed by atoms with van der Waals surface area (Å²) in [6, 6.07) is 10.1. The zero-order valence-corrected chi connectivity index (χ0v) is 13.5. The first-order valence-electron chi connectivity index (χ1n) is 7.83. The quantitative estimate of drug-likeness (QED) is 0.535. The molecule has 0 saturated carbocycles. The van der Waals surface area contributed by atoms with E-state index in [0.29, 0.717) is 24.0 Å². The maximum absolute atomic E-state index is 12.5. The van der Waals surface area contributed by atoms with Crippen LogP contribution in [0.15, 0.2) is 36.4 Å². The van der Waals surface area contributed by atoms with Crippen molar-refractivity contribution in [3.8, 4) is 11.5 Å². The molecule has 2 aromatic carbocycles. The van der Waals surface area contributed by atoms with Crippen molar-refractivity contribution < 1.29 is 24.9 Å². The molecule has 5 heteroatoms. The summed E-state index contributed by atoms with van der Waals surface area (Å²) in [5.74, 6) is -2.12. The topological polar surface area (TPSA) is 94.8 Å². The molecule has 3 N–H and O–H groups in total. The van der Waals surface area contributed by atoms with Crippen molar-refractivity contribution in [2.45, 2.75) is 32.6 Å². The summed E-state index contributed by atoms with van der Waals surface area (Å²) >= 11 is 0. The zero-order valence-electron chi connectivity index (χ0n) is 13.5. The van der Waals surface area contributed by atoms with Gasteiger partial charge in [0.2, 0.25) is 0 Å². The molecule has 0 saturated heterocycles. The number of aromatic hydroxyl groups is 2. The number of carbonyl (C=O) groups is 2. The van der Waals surface area contributed by atoms with Crippen molar-refractivity contribution in [2.75, 3.05) is 0 Å². The van der Waals surface area contributed by atoms with E-state index in [4.69, 9.17) is 5.11 Å². The van der Waals surface area contributed by atoms with Gasteiger partial charge in [-0.2, -0.15) is 0 Å². The molecular formula is C19H20O5. The van der Waals surface area contributed by atoms with E-state index < -0.39 is 11.7 Å². The van der Waals surface area contributed by atoms with Gasteiger partial charge in [-0.25, -0.2) is 0 Å². The first-order chi connectivity index (χ1) is 11.4. The fraction of sp³-hybridized carbons (Fsp3) is 0.263. The minimum absolute atomic E-state index is 0.0232. The smallest absolute Gasteiger partial charge is 0.303 e. The first kappa shape index (κ1) is 17.5. The first-order valence-corrected chi connectivity index (χ1v) is 7.83. The molecule has 0 aliphatic rings. The highest BCUT2D eigenvalue weighted by molar-refractivity contribution is 6.11. The number of rotatable bonds is 7. The number of hydrogen-bond acceptors (Lipinski definition) is 4. The fourth-order valence-corrected chi connectivity index (χ4v) is 2.48. The number of carboxylic acid groups (broad SMARTS) is 1. The van der Waals surface area contributed by atoms with Crippen LogP contribution in [0.1, 0.15) is 46.8 Å². The highest BCUT2D eigenvalue weighted by Gasteiger charge is 2.18. The minimum atomic E-state index is -0.916. The van der Waals surface area contributed by atoms with Crippen molar-refractivity contribution in [3.05, 3.63) is 58.7 Å². The van der Waals surface area contributed by atoms with Crippen LogP contribution in [-0.4, -0.2) is 27.1 Å². The summed E-state index contributed by atoms with van der Waals surface area (Å²) in [6.07, 6.45) is 1.50. The monoisotopic (exact) mass is 328 g/mol. The molecular weight excluding hydrogens is 308 g/mol. The Bertz CT molecular complexity index is 747. The molecule has 0 aliphatic carbocycles. The SMILES string of the molecule is CCc1ccc(C(=O)c2ccc(CCCC(=O)O)c(O)c2O)cc1. The van der Waals surface area contributed by atoms with Crippen LogP contribution >= 0.6 is 0 Å². The van der Waals surface area contributed by atoms with Gasteiger partial charge < -0.3 is 15.3 Å². The number of phenols is 2. The molecule has 24 heavy (non-hydrogen) atoms. The van der Waals surface area contributed by atoms with Gasteiger partial charge in [0.05, 0.1) is 5.56 Å². The molecule has 0 atom stereocenters. The third kappa shape index (κ3) is 3.93. The van der Waals surface area contributed by atoms with E-state index in [1.54, 1.807) is 18.2 Å². The van der Waals surface area contributed by atoms with Crippen LogP contribution in [0.3, 0.4) is 0 Å². The number of carbonyl (C=O) groups excluding carboxylic acids is 1. The predicted octanol–water partition coefficient (Wildman–Crippen LogP) is 3.30. The predicted molar refractivity (Wildman–Crippen MR) is 89.6 cm³/mol. The van der Waals surface area contributed by atoms with E-state index in [9.17, 15) is 19.8 Å². The van der Waals surface area contributed by atoms with Crippen molar-refractivity contribution in [2.24, 2.45) is 0 Å². The number of aryl methyl sites for hydroxylation is 2. The Morgan fingerprint density at radius 3 is 2.21 bits per heavy atom. The van der Waals surface area contributed by atoms with Gasteiger partial charge in [-0.15, -0.1) is 0 Å². The van der Waals surface area contributed by atoms with Crippen molar-refractivity contribution in [1.29, 1.82) is 0 Å². The molecule has 0 radical (unpaired) electrons. The summed E-state index contributed by atoms with van der Waals surface area (Å²) in [5.41, 5.74) is 1.98. The molecule has 2 rings (SSSR count). The van der Waals surface area contributed by atoms with E-state index in [0.717, 1.165) is 12.0 Å². The van der Waals surface area contributed by atoms with Crippen LogP contribution in [0.2, 0.25) is 0 Å². The van der Waals surface area contributed by atoms with Crippen LogP contribution in [-0.2, 0) is 17.6 Å². The van der Waals surface area contributed by atoms with Crippen LogP contribution in [0.5, 0.6) is 11.5 Å². The molecule has 0 heterocycles. The van der Waals surface area contributed by atoms with Crippen molar-refractivity contribution >= 4 is 11.8 Å². The van der Waals surface area contributed by atoms with Crippen molar-refractivity contribution in [1.82, 2.24) is 0 Å². The fourth-order valence-electron chi connectivity index (χ4n) is 2.48. The molecule has 0 fully saturated rings. The van der Waals surface area contributed by atoms with Gasteiger partial charge >= 0.3 is 5.97 Å². The molecule has 0 aliphatic heterocycles. The van der Waals surface area contributed by atoms with E-state index in [1.807, 2.05) is 19.1 Å². The third-order valence-electron chi connectivity index (χ3n) is 3.94. The molecule has 0 spiro atoms. The second-order valence-electron chi connectivity index (χ2n) is 5.60. The largest absolute Gasteiger partial charge is 0.504 e. The standard InChI is InChI=1S/C19H20O5/c1-2-12-6-8-14(9-7-12)17(22)15-11-10-13(18(23)19(15)24)4-3-5-16(20)21/h6-11,23-24H,2-5H2,1H3,(H,20,21). The lowest BCUT2D eigenvalue weighted by atomic mass is 9.97. The lowest BCUT2D eigenvalue weighted by Crippen LogP contribution is -2.03. The molecule has 2 aromatic rings. The summed E-state index contributed by atoms with van der Waals surface area (Å²) in [5, 5.41) is 28.8. The Balaban J connectivity index is 2.22. The minimum Gasteiger partial charge on any atom is -0.504 e. The van der Waals surface area contributed by atoms with Crippen LogP contribution < -0.4 is 0 Å². The van der Waals surface area contributed by atoms with Crippen molar-refractivity contribution in [3.63, 3.8) is 0 Å². The number of carboxylic acids is 1. The molecule has 0 bridgehead atoms. The zero-order chi connectivity index (χ0) is 17.7. The maximum atomic E-state index is 12.5. The average molecular weight is 328 g/mol. The second kappa shape index (κ2) is 7.64. The Kier molecular flexibility index (Phi) is 5.58. The maximum Gasteiger partial charge on any atom is 0.303 e. The summed E-state index contributed by atoms with van der Waals surface area (Å²) in [7, 11) is 0. The molecule has 0 amide bonds. The molecule has 0 aromatic heterocycles. The highest BCUT2D eigenvalue weighted by atomic mass is 16.4. The Morgan fingerprint density at radius 1 is 0.958 bits per heavy atom. The Labute approximate surface area is 140 Å². The summed E-state index contributed by atoms with van der Waals surface area (Å²) in [6.45, 7) is 2.02.